The van der Waals surface area contributed by atoms with E-state index >= 15 is 0 Å². The second-order valence-corrected chi connectivity index (χ2v) is 9.36. The highest BCUT2D eigenvalue weighted by atomic mass is 35.5. The second kappa shape index (κ2) is 11.6. The number of ether oxygens (including phenoxy) is 2. The average molecular weight is 513 g/mol. The zero-order valence-electron chi connectivity index (χ0n) is 19.1. The third-order valence-electron chi connectivity index (χ3n) is 6.11. The van der Waals surface area contributed by atoms with Crippen LogP contribution in [0.15, 0.2) is 60.7 Å². The number of hydrogen-bond acceptors (Lipinski definition) is 4. The van der Waals surface area contributed by atoms with Crippen molar-refractivity contribution in [3.8, 4) is 17.2 Å². The number of aryl methyl sites for hydroxylation is 1. The first kappa shape index (κ1) is 25.1. The summed E-state index contributed by atoms with van der Waals surface area (Å²) in [5.74, 6) is -0.103. The third kappa shape index (κ3) is 6.36. The lowest BCUT2D eigenvalue weighted by Crippen LogP contribution is -2.20. The molecule has 0 bridgehead atoms. The first-order valence-corrected chi connectivity index (χ1v) is 12.4. The number of carboxylic acid groups (broad SMARTS) is 1. The topological polar surface area (TPSA) is 72.8 Å². The first-order valence-electron chi connectivity index (χ1n) is 11.7. The Labute approximate surface area is 214 Å². The zero-order chi connectivity index (χ0) is 24.8. The summed E-state index contributed by atoms with van der Waals surface area (Å²) in [6, 6.07) is 18.0. The molecule has 182 valence electrons. The van der Waals surface area contributed by atoms with Gasteiger partial charge in [-0.1, -0.05) is 47.8 Å². The molecule has 1 atom stereocenters. The minimum atomic E-state index is -0.903. The Morgan fingerprint density at radius 1 is 0.971 bits per heavy atom. The van der Waals surface area contributed by atoms with Gasteiger partial charge in [0.05, 0.1) is 17.5 Å². The van der Waals surface area contributed by atoms with Crippen molar-refractivity contribution in [1.29, 1.82) is 0 Å². The maximum Gasteiger partial charge on any atom is 0.311 e. The van der Waals surface area contributed by atoms with Crippen LogP contribution >= 0.6 is 23.2 Å². The lowest BCUT2D eigenvalue weighted by atomic mass is 9.93. The van der Waals surface area contributed by atoms with Crippen molar-refractivity contribution in [1.82, 2.24) is 0 Å². The van der Waals surface area contributed by atoms with Crippen molar-refractivity contribution < 1.29 is 24.2 Å². The Hall–Kier alpha value is -3.02. The molecular formula is C28H26Cl2O5. The Morgan fingerprint density at radius 3 is 2.49 bits per heavy atom. The van der Waals surface area contributed by atoms with Crippen molar-refractivity contribution in [3.63, 3.8) is 0 Å². The van der Waals surface area contributed by atoms with Gasteiger partial charge in [0.25, 0.3) is 0 Å². The SMILES string of the molecule is O=C(CCCCCc1ccccc1Cl)c1ccc(Oc2cc3c(cc2Cl)C(C(=O)O)CCO3)cc1. The van der Waals surface area contributed by atoms with Gasteiger partial charge in [-0.2, -0.15) is 0 Å². The molecule has 4 rings (SSSR count). The number of carbonyl (C=O) groups is 2. The maximum atomic E-state index is 12.6. The van der Waals surface area contributed by atoms with E-state index in [-0.39, 0.29) is 5.78 Å². The van der Waals surface area contributed by atoms with E-state index in [1.54, 1.807) is 36.4 Å². The Bertz CT molecular complexity index is 1210. The number of ketones is 1. The van der Waals surface area contributed by atoms with E-state index in [9.17, 15) is 14.7 Å². The average Bonchev–Trinajstić information content (AvgIpc) is 2.85. The van der Waals surface area contributed by atoms with E-state index < -0.39 is 11.9 Å². The van der Waals surface area contributed by atoms with Crippen LogP contribution in [0.3, 0.4) is 0 Å². The highest BCUT2D eigenvalue weighted by Crippen LogP contribution is 2.41. The van der Waals surface area contributed by atoms with E-state index in [1.165, 1.54) is 0 Å². The zero-order valence-corrected chi connectivity index (χ0v) is 20.6. The molecular weight excluding hydrogens is 487 g/mol. The van der Waals surface area contributed by atoms with Crippen molar-refractivity contribution in [2.75, 3.05) is 6.61 Å². The molecule has 0 aliphatic carbocycles. The largest absolute Gasteiger partial charge is 0.493 e. The van der Waals surface area contributed by atoms with Crippen LogP contribution in [0.4, 0.5) is 0 Å². The molecule has 1 N–H and O–H groups in total. The Morgan fingerprint density at radius 2 is 1.74 bits per heavy atom. The molecule has 1 aliphatic rings. The van der Waals surface area contributed by atoms with E-state index in [0.717, 1.165) is 36.3 Å². The highest BCUT2D eigenvalue weighted by Gasteiger charge is 2.29. The maximum absolute atomic E-state index is 12.6. The number of halogens is 2. The van der Waals surface area contributed by atoms with Crippen LogP contribution in [-0.2, 0) is 11.2 Å². The number of unbranched alkanes of at least 4 members (excludes halogenated alkanes) is 2. The summed E-state index contributed by atoms with van der Waals surface area (Å²) in [6.45, 7) is 0.321. The first-order chi connectivity index (χ1) is 16.9. The number of fused-ring (bicyclic) bond motifs is 1. The highest BCUT2D eigenvalue weighted by molar-refractivity contribution is 6.32. The molecule has 1 aliphatic heterocycles. The van der Waals surface area contributed by atoms with Crippen LogP contribution in [0, 0.1) is 0 Å². The van der Waals surface area contributed by atoms with Gasteiger partial charge in [0, 0.05) is 28.6 Å². The van der Waals surface area contributed by atoms with Crippen LogP contribution in [0.1, 0.15) is 59.5 Å². The van der Waals surface area contributed by atoms with Crippen LogP contribution in [-0.4, -0.2) is 23.5 Å². The molecule has 0 saturated heterocycles. The smallest absolute Gasteiger partial charge is 0.311 e. The number of rotatable bonds is 10. The standard InChI is InChI=1S/C28H26Cl2O5/c29-23-8-5-4-7-18(23)6-2-1-3-9-25(31)19-10-12-20(13-11-19)35-27-17-26-22(16-24(27)30)21(28(32)33)14-15-34-26/h4-5,7-8,10-13,16-17,21H,1-3,6,9,14-15H2,(H,32,33). The van der Waals surface area contributed by atoms with Crippen LogP contribution in [0.25, 0.3) is 0 Å². The van der Waals surface area contributed by atoms with Crippen molar-refractivity contribution in [2.24, 2.45) is 0 Å². The molecule has 1 unspecified atom stereocenters. The number of benzene rings is 3. The van der Waals surface area contributed by atoms with Gasteiger partial charge >= 0.3 is 5.97 Å². The van der Waals surface area contributed by atoms with Crippen molar-refractivity contribution in [2.45, 2.75) is 44.4 Å². The molecule has 3 aromatic rings. The van der Waals surface area contributed by atoms with E-state index in [4.69, 9.17) is 32.7 Å². The summed E-state index contributed by atoms with van der Waals surface area (Å²) in [5, 5.41) is 10.5. The van der Waals surface area contributed by atoms with Gasteiger partial charge in [-0.3, -0.25) is 9.59 Å². The van der Waals surface area contributed by atoms with E-state index in [2.05, 4.69) is 0 Å². The number of aliphatic carboxylic acids is 1. The van der Waals surface area contributed by atoms with Crippen molar-refractivity contribution in [3.05, 3.63) is 87.4 Å². The Balaban J connectivity index is 1.30. The van der Waals surface area contributed by atoms with Gasteiger partial charge in [0.15, 0.2) is 5.78 Å². The summed E-state index contributed by atoms with van der Waals surface area (Å²) in [5.41, 5.74) is 2.32. The van der Waals surface area contributed by atoms with Gasteiger partial charge in [-0.25, -0.2) is 0 Å². The summed E-state index contributed by atoms with van der Waals surface area (Å²) in [7, 11) is 0. The minimum absolute atomic E-state index is 0.0919. The third-order valence-corrected chi connectivity index (χ3v) is 6.78. The number of Topliss-reactive ketones (excluding diaryl/α,β-unsaturated/α-hetero) is 1. The molecule has 3 aromatic carbocycles. The van der Waals surface area contributed by atoms with Gasteiger partial charge in [0.1, 0.15) is 17.2 Å². The van der Waals surface area contributed by atoms with Gasteiger partial charge < -0.3 is 14.6 Å². The lowest BCUT2D eigenvalue weighted by molar-refractivity contribution is -0.139. The van der Waals surface area contributed by atoms with Crippen molar-refractivity contribution >= 4 is 35.0 Å². The predicted octanol–water partition coefficient (Wildman–Crippen LogP) is 7.72. The second-order valence-electron chi connectivity index (χ2n) is 8.55. The lowest BCUT2D eigenvalue weighted by Gasteiger charge is -2.24. The van der Waals surface area contributed by atoms with Crippen LogP contribution in [0.2, 0.25) is 10.0 Å². The molecule has 7 heteroatoms. The molecule has 0 spiro atoms. The molecule has 5 nitrogen and oxygen atoms in total. The summed E-state index contributed by atoms with van der Waals surface area (Å²) < 4.78 is 11.5. The molecule has 0 amide bonds. The van der Waals surface area contributed by atoms with Gasteiger partial charge in [0.2, 0.25) is 0 Å². The fourth-order valence-electron chi connectivity index (χ4n) is 4.18. The fraction of sp³-hybridized carbons (Fsp3) is 0.286. The summed E-state index contributed by atoms with van der Waals surface area (Å²) >= 11 is 12.5. The summed E-state index contributed by atoms with van der Waals surface area (Å²) in [6.07, 6.45) is 4.57. The molecule has 0 fully saturated rings. The van der Waals surface area contributed by atoms with E-state index in [0.29, 0.717) is 52.8 Å². The molecule has 35 heavy (non-hydrogen) atoms. The monoisotopic (exact) mass is 512 g/mol. The molecule has 1 heterocycles. The van der Waals surface area contributed by atoms with E-state index in [1.807, 2.05) is 24.3 Å². The number of carbonyl (C=O) groups excluding carboxylic acids is 1. The molecule has 0 saturated carbocycles. The Kier molecular flexibility index (Phi) is 8.32. The normalized spacial score (nSPS) is 14.6. The number of hydrogen-bond donors (Lipinski definition) is 1. The minimum Gasteiger partial charge on any atom is -0.493 e. The molecule has 0 aromatic heterocycles. The van der Waals surface area contributed by atoms with Gasteiger partial charge in [-0.15, -0.1) is 0 Å². The predicted molar refractivity (Wildman–Crippen MR) is 136 cm³/mol. The quantitative estimate of drug-likeness (QED) is 0.222. The fourth-order valence-corrected chi connectivity index (χ4v) is 4.62. The van der Waals surface area contributed by atoms with Crippen LogP contribution in [0.5, 0.6) is 17.2 Å². The number of carboxylic acids is 1. The molecule has 0 radical (unpaired) electrons. The van der Waals surface area contributed by atoms with Crippen LogP contribution < -0.4 is 9.47 Å². The summed E-state index contributed by atoms with van der Waals surface area (Å²) in [4.78, 5) is 24.1. The van der Waals surface area contributed by atoms with Gasteiger partial charge in [-0.05, 0) is 67.6 Å².